The fraction of sp³-hybridized carbons (Fsp3) is 0.882. The molecule has 0 amide bonds. The van der Waals surface area contributed by atoms with E-state index in [0.717, 1.165) is 23.2 Å². The van der Waals surface area contributed by atoms with Gasteiger partial charge >= 0.3 is 0 Å². The molecule has 0 radical (unpaired) electrons. The summed E-state index contributed by atoms with van der Waals surface area (Å²) >= 11 is 0. The van der Waals surface area contributed by atoms with Crippen LogP contribution in [0.1, 0.15) is 57.8 Å². The van der Waals surface area contributed by atoms with E-state index < -0.39 is 0 Å². The van der Waals surface area contributed by atoms with Gasteiger partial charge in [0.05, 0.1) is 0 Å². The molecular weight excluding hydrogens is 218 g/mol. The SMILES string of the molecule is C(/CCC12CC3CC(CC(C3)C1)C2)=C1/CCNC1. The second kappa shape index (κ2) is 4.37. The maximum absolute atomic E-state index is 3.45. The fourth-order valence-electron chi connectivity index (χ4n) is 5.94. The van der Waals surface area contributed by atoms with E-state index in [1.165, 1.54) is 32.4 Å². The van der Waals surface area contributed by atoms with Gasteiger partial charge in [-0.05, 0) is 87.5 Å². The highest BCUT2D eigenvalue weighted by atomic mass is 14.9. The third kappa shape index (κ3) is 2.05. The summed E-state index contributed by atoms with van der Waals surface area (Å²) in [6, 6.07) is 0. The van der Waals surface area contributed by atoms with Crippen LogP contribution in [0, 0.1) is 23.2 Å². The maximum Gasteiger partial charge on any atom is 0.0165 e. The highest BCUT2D eigenvalue weighted by Gasteiger charge is 2.50. The van der Waals surface area contributed by atoms with Crippen LogP contribution in [-0.4, -0.2) is 13.1 Å². The predicted octanol–water partition coefficient (Wildman–Crippen LogP) is 3.90. The van der Waals surface area contributed by atoms with Crippen LogP contribution < -0.4 is 5.32 Å². The second-order valence-electron chi connectivity index (χ2n) is 7.75. The molecule has 1 heterocycles. The highest BCUT2D eigenvalue weighted by Crippen LogP contribution is 2.61. The lowest BCUT2D eigenvalue weighted by Gasteiger charge is -2.57. The molecule has 4 bridgehead atoms. The Kier molecular flexibility index (Phi) is 2.80. The van der Waals surface area contributed by atoms with E-state index in [2.05, 4.69) is 11.4 Å². The van der Waals surface area contributed by atoms with Gasteiger partial charge in [-0.1, -0.05) is 11.6 Å². The van der Waals surface area contributed by atoms with Crippen molar-refractivity contribution in [3.05, 3.63) is 11.6 Å². The molecule has 5 rings (SSSR count). The molecule has 100 valence electrons. The lowest BCUT2D eigenvalue weighted by atomic mass is 9.48. The highest BCUT2D eigenvalue weighted by molar-refractivity contribution is 5.10. The predicted molar refractivity (Wildman–Crippen MR) is 75.4 cm³/mol. The minimum absolute atomic E-state index is 0.790. The zero-order valence-corrected chi connectivity index (χ0v) is 11.6. The van der Waals surface area contributed by atoms with Crippen LogP contribution in [0.2, 0.25) is 0 Å². The van der Waals surface area contributed by atoms with Gasteiger partial charge in [-0.2, -0.15) is 0 Å². The van der Waals surface area contributed by atoms with E-state index in [1.807, 2.05) is 0 Å². The summed E-state index contributed by atoms with van der Waals surface area (Å²) in [6.07, 6.45) is 16.3. The molecule has 0 aromatic heterocycles. The van der Waals surface area contributed by atoms with E-state index >= 15 is 0 Å². The molecule has 4 saturated carbocycles. The first-order valence-electron chi connectivity index (χ1n) is 8.20. The molecule has 0 aromatic rings. The van der Waals surface area contributed by atoms with Crippen molar-refractivity contribution in [3.63, 3.8) is 0 Å². The molecule has 5 fully saturated rings. The first kappa shape index (κ1) is 11.5. The smallest absolute Gasteiger partial charge is 0.0165 e. The maximum atomic E-state index is 3.45. The quantitative estimate of drug-likeness (QED) is 0.744. The Hall–Kier alpha value is -0.300. The van der Waals surface area contributed by atoms with Crippen molar-refractivity contribution in [1.29, 1.82) is 0 Å². The van der Waals surface area contributed by atoms with Crippen LogP contribution in [0.3, 0.4) is 0 Å². The van der Waals surface area contributed by atoms with Crippen LogP contribution in [0.4, 0.5) is 0 Å². The minimum Gasteiger partial charge on any atom is -0.313 e. The fourth-order valence-corrected chi connectivity index (χ4v) is 5.94. The Morgan fingerprint density at radius 2 is 1.72 bits per heavy atom. The van der Waals surface area contributed by atoms with Gasteiger partial charge in [-0.15, -0.1) is 0 Å². The van der Waals surface area contributed by atoms with Gasteiger partial charge in [0, 0.05) is 6.54 Å². The molecular formula is C17H27N. The summed E-state index contributed by atoms with van der Waals surface area (Å²) in [4.78, 5) is 0. The van der Waals surface area contributed by atoms with Gasteiger partial charge in [0.2, 0.25) is 0 Å². The average Bonchev–Trinajstić information content (AvgIpc) is 2.79. The van der Waals surface area contributed by atoms with E-state index in [0.29, 0.717) is 0 Å². The summed E-state index contributed by atoms with van der Waals surface area (Å²) in [5.74, 6) is 3.37. The van der Waals surface area contributed by atoms with Crippen molar-refractivity contribution in [2.24, 2.45) is 23.2 Å². The molecule has 5 aliphatic rings. The van der Waals surface area contributed by atoms with Crippen molar-refractivity contribution in [2.45, 2.75) is 57.8 Å². The Bertz CT molecular complexity index is 311. The second-order valence-corrected chi connectivity index (χ2v) is 7.75. The first-order valence-corrected chi connectivity index (χ1v) is 8.20. The summed E-state index contributed by atoms with van der Waals surface area (Å²) in [5, 5.41) is 3.45. The van der Waals surface area contributed by atoms with Crippen molar-refractivity contribution < 1.29 is 0 Å². The van der Waals surface area contributed by atoms with Crippen LogP contribution >= 0.6 is 0 Å². The minimum atomic E-state index is 0.790. The molecule has 1 nitrogen and oxygen atoms in total. The van der Waals surface area contributed by atoms with Crippen LogP contribution in [0.15, 0.2) is 11.6 Å². The molecule has 4 aliphatic carbocycles. The van der Waals surface area contributed by atoms with Crippen LogP contribution in [0.25, 0.3) is 0 Å². The molecule has 1 aliphatic heterocycles. The van der Waals surface area contributed by atoms with Gasteiger partial charge in [0.15, 0.2) is 0 Å². The zero-order valence-electron chi connectivity index (χ0n) is 11.6. The van der Waals surface area contributed by atoms with E-state index in [9.17, 15) is 0 Å². The van der Waals surface area contributed by atoms with Crippen LogP contribution in [0.5, 0.6) is 0 Å². The summed E-state index contributed by atoms with van der Waals surface area (Å²) < 4.78 is 0. The van der Waals surface area contributed by atoms with Gasteiger partial charge in [0.25, 0.3) is 0 Å². The third-order valence-electron chi connectivity index (χ3n) is 6.25. The lowest BCUT2D eigenvalue weighted by Crippen LogP contribution is -2.45. The van der Waals surface area contributed by atoms with Crippen molar-refractivity contribution >= 4 is 0 Å². The Morgan fingerprint density at radius 1 is 1.06 bits per heavy atom. The number of allylic oxidation sites excluding steroid dienone is 1. The molecule has 18 heavy (non-hydrogen) atoms. The number of hydrogen-bond acceptors (Lipinski definition) is 1. The van der Waals surface area contributed by atoms with Gasteiger partial charge in [-0.25, -0.2) is 0 Å². The summed E-state index contributed by atoms with van der Waals surface area (Å²) in [7, 11) is 0. The number of rotatable bonds is 3. The van der Waals surface area contributed by atoms with Crippen LogP contribution in [-0.2, 0) is 0 Å². The van der Waals surface area contributed by atoms with Crippen molar-refractivity contribution in [2.75, 3.05) is 13.1 Å². The topological polar surface area (TPSA) is 12.0 Å². The molecule has 0 aromatic carbocycles. The van der Waals surface area contributed by atoms with Gasteiger partial charge < -0.3 is 5.32 Å². The standard InChI is InChI=1S/C17H27N/c1(2-13-3-5-18-12-13)4-17-9-14-6-15(10-17)8-16(7-14)11-17/h2,14-16,18H,1,3-12H2/b13-2+. The van der Waals surface area contributed by atoms with Crippen molar-refractivity contribution in [3.8, 4) is 0 Å². The Labute approximate surface area is 111 Å². The van der Waals surface area contributed by atoms with Crippen molar-refractivity contribution in [1.82, 2.24) is 5.32 Å². The molecule has 0 spiro atoms. The first-order chi connectivity index (χ1) is 8.81. The molecule has 1 N–H and O–H groups in total. The van der Waals surface area contributed by atoms with Gasteiger partial charge in [-0.3, -0.25) is 0 Å². The molecule has 1 saturated heterocycles. The normalized spacial score (nSPS) is 48.2. The third-order valence-corrected chi connectivity index (χ3v) is 6.25. The number of nitrogens with one attached hydrogen (secondary N) is 1. The number of hydrogen-bond donors (Lipinski definition) is 1. The Morgan fingerprint density at radius 3 is 2.28 bits per heavy atom. The Balaban J connectivity index is 1.40. The monoisotopic (exact) mass is 245 g/mol. The largest absolute Gasteiger partial charge is 0.313 e. The molecule has 1 heteroatoms. The van der Waals surface area contributed by atoms with E-state index in [4.69, 9.17) is 0 Å². The average molecular weight is 245 g/mol. The summed E-state index contributed by atoms with van der Waals surface area (Å²) in [6.45, 7) is 2.38. The molecule has 0 unspecified atom stereocenters. The lowest BCUT2D eigenvalue weighted by molar-refractivity contribution is -0.0566. The van der Waals surface area contributed by atoms with Gasteiger partial charge in [0.1, 0.15) is 0 Å². The van der Waals surface area contributed by atoms with E-state index in [1.54, 1.807) is 44.1 Å². The van der Waals surface area contributed by atoms with E-state index in [-0.39, 0.29) is 0 Å². The molecule has 0 atom stereocenters. The zero-order chi connectivity index (χ0) is 12.0. The summed E-state index contributed by atoms with van der Waals surface area (Å²) in [5.41, 5.74) is 2.47.